The zero-order valence-corrected chi connectivity index (χ0v) is 5.05. The maximum absolute atomic E-state index is 3.51. The first-order valence-electron chi connectivity index (χ1n) is 0.854. The average Bonchev–Trinajstić information content (AvgIpc) is 0.918. The minimum absolute atomic E-state index is 0. The van der Waals surface area contributed by atoms with Gasteiger partial charge in [-0.3, -0.25) is 8.58 Å². The Morgan fingerprint density at radius 1 is 1.75 bits per heavy atom. The van der Waals surface area contributed by atoms with Gasteiger partial charge in [0, 0.05) is 18.6 Å². The molecule has 4 heavy (non-hydrogen) atoms. The first-order valence-corrected chi connectivity index (χ1v) is 2.56. The predicted octanol–water partition coefficient (Wildman–Crippen LogP) is 1.08. The van der Waals surface area contributed by atoms with Crippen LogP contribution in [0.4, 0.5) is 0 Å². The molecule has 0 bridgehead atoms. The maximum atomic E-state index is 3.51. The molecular weight excluding hydrogens is 106 g/mol. The summed E-state index contributed by atoms with van der Waals surface area (Å²) in [5, 5.41) is 0. The first kappa shape index (κ1) is 8.89. The van der Waals surface area contributed by atoms with E-state index in [0.717, 1.165) is 8.58 Å². The fraction of sp³-hybridized carbons (Fsp3) is 0.500. The van der Waals surface area contributed by atoms with Crippen LogP contribution in [0.25, 0.3) is 0 Å². The fourth-order valence-electron chi connectivity index (χ4n) is 0. The summed E-state index contributed by atoms with van der Waals surface area (Å²) >= 11 is 0. The van der Waals surface area contributed by atoms with E-state index in [4.69, 9.17) is 0 Å². The quantitative estimate of drug-likeness (QED) is 0.325. The van der Waals surface area contributed by atoms with E-state index in [2.05, 4.69) is 6.66 Å². The fourth-order valence-corrected chi connectivity index (χ4v) is 0. The van der Waals surface area contributed by atoms with Crippen LogP contribution in [-0.2, 0) is 18.6 Å². The average molecular weight is 112 g/mol. The van der Waals surface area contributed by atoms with Gasteiger partial charge in [0.15, 0.2) is 0 Å². The minimum atomic E-state index is 0. The van der Waals surface area contributed by atoms with E-state index in [9.17, 15) is 0 Å². The summed E-state index contributed by atoms with van der Waals surface area (Å²) in [6.07, 6.45) is 0. The molecule has 0 aromatic rings. The van der Waals surface area contributed by atoms with E-state index in [1.165, 1.54) is 0 Å². The Balaban J connectivity index is 0. The van der Waals surface area contributed by atoms with Crippen molar-refractivity contribution in [1.29, 1.82) is 0 Å². The molecule has 0 aliphatic heterocycles. The molecule has 0 rings (SSSR count). The standard InChI is InChI=1S/C2H6P.V/c1-3-2;/h3H,1H2,2H3;/q-1;. The van der Waals surface area contributed by atoms with E-state index in [1.807, 2.05) is 6.66 Å². The molecule has 0 heterocycles. The van der Waals surface area contributed by atoms with Gasteiger partial charge in [0.1, 0.15) is 0 Å². The predicted molar refractivity (Wildman–Crippen MR) is 19.6 cm³/mol. The Kier molecular flexibility index (Phi) is 20.0. The summed E-state index contributed by atoms with van der Waals surface area (Å²) in [6, 6.07) is 0. The molecule has 0 amide bonds. The third-order valence-electron chi connectivity index (χ3n) is 0. The van der Waals surface area contributed by atoms with Crippen molar-refractivity contribution in [2.45, 2.75) is 0 Å². The summed E-state index contributed by atoms with van der Waals surface area (Å²) in [5.74, 6) is 0. The van der Waals surface area contributed by atoms with Gasteiger partial charge in [-0.05, 0) is 0 Å². The molecule has 2 heteroatoms. The van der Waals surface area contributed by atoms with Gasteiger partial charge in [-0.2, -0.15) is 0 Å². The number of hydrogen-bond donors (Lipinski definition) is 0. The zero-order chi connectivity index (χ0) is 2.71. The molecule has 0 aromatic carbocycles. The van der Waals surface area contributed by atoms with E-state index in [1.54, 1.807) is 0 Å². The molecule has 0 nitrogen and oxygen atoms in total. The first-order chi connectivity index (χ1) is 1.41. The van der Waals surface area contributed by atoms with Gasteiger partial charge in [0.25, 0.3) is 0 Å². The SMILES string of the molecule is [CH2-]PC.[V]. The molecule has 0 saturated carbocycles. The van der Waals surface area contributed by atoms with Gasteiger partial charge in [0.05, 0.1) is 0 Å². The zero-order valence-electron chi connectivity index (χ0n) is 2.65. The third-order valence-corrected chi connectivity index (χ3v) is 0. The van der Waals surface area contributed by atoms with Crippen LogP contribution in [0.3, 0.4) is 0 Å². The molecule has 1 atom stereocenters. The molecule has 0 saturated heterocycles. The van der Waals surface area contributed by atoms with Gasteiger partial charge in [-0.1, -0.05) is 6.66 Å². The molecule has 0 N–H and O–H groups in total. The van der Waals surface area contributed by atoms with Crippen molar-refractivity contribution < 1.29 is 18.6 Å². The van der Waals surface area contributed by atoms with Crippen molar-refractivity contribution in [3.8, 4) is 0 Å². The molecule has 0 aliphatic carbocycles. The summed E-state index contributed by atoms with van der Waals surface area (Å²) in [7, 11) is 0.833. The Hall–Kier alpha value is 1.01. The molecule has 0 spiro atoms. The summed E-state index contributed by atoms with van der Waals surface area (Å²) in [5.41, 5.74) is 0. The maximum Gasteiger partial charge on any atom is 0 e. The summed E-state index contributed by atoms with van der Waals surface area (Å²) in [6.45, 7) is 5.56. The van der Waals surface area contributed by atoms with Crippen molar-refractivity contribution in [2.75, 3.05) is 6.66 Å². The van der Waals surface area contributed by atoms with Gasteiger partial charge < -0.3 is 6.66 Å². The van der Waals surface area contributed by atoms with Crippen molar-refractivity contribution in [1.82, 2.24) is 0 Å². The Bertz CT molecular complexity index is 6.00. The number of rotatable bonds is 0. The van der Waals surface area contributed by atoms with E-state index in [0.29, 0.717) is 0 Å². The molecule has 25 valence electrons. The molecular formula is C2H6PV-. The summed E-state index contributed by atoms with van der Waals surface area (Å²) in [4.78, 5) is 0. The molecule has 0 fully saturated rings. The molecule has 0 aliphatic rings. The van der Waals surface area contributed by atoms with Crippen molar-refractivity contribution in [3.63, 3.8) is 0 Å². The van der Waals surface area contributed by atoms with Crippen molar-refractivity contribution in [2.24, 2.45) is 0 Å². The Labute approximate surface area is 41.0 Å². The number of hydrogen-bond acceptors (Lipinski definition) is 0. The van der Waals surface area contributed by atoms with Gasteiger partial charge in [-0.25, -0.2) is 0 Å². The Morgan fingerprint density at radius 3 is 1.75 bits per heavy atom. The molecule has 1 unspecified atom stereocenters. The van der Waals surface area contributed by atoms with Crippen LogP contribution in [0.5, 0.6) is 0 Å². The molecule has 0 aromatic heterocycles. The van der Waals surface area contributed by atoms with Crippen molar-refractivity contribution in [3.05, 3.63) is 6.66 Å². The monoisotopic (exact) mass is 112 g/mol. The minimum Gasteiger partial charge on any atom is -0.320 e. The van der Waals surface area contributed by atoms with Crippen LogP contribution < -0.4 is 0 Å². The largest absolute Gasteiger partial charge is 0.320 e. The second-order valence-corrected chi connectivity index (χ2v) is 1.06. The van der Waals surface area contributed by atoms with Gasteiger partial charge in [0.2, 0.25) is 0 Å². The van der Waals surface area contributed by atoms with Gasteiger partial charge in [-0.15, -0.1) is 0 Å². The van der Waals surface area contributed by atoms with Crippen LogP contribution in [0.1, 0.15) is 0 Å². The topological polar surface area (TPSA) is 0 Å². The van der Waals surface area contributed by atoms with Crippen LogP contribution in [-0.4, -0.2) is 6.66 Å². The second kappa shape index (κ2) is 8.99. The van der Waals surface area contributed by atoms with E-state index < -0.39 is 0 Å². The van der Waals surface area contributed by atoms with Crippen LogP contribution in [0.15, 0.2) is 0 Å². The Morgan fingerprint density at radius 2 is 1.75 bits per heavy atom. The van der Waals surface area contributed by atoms with Crippen LogP contribution in [0.2, 0.25) is 0 Å². The third kappa shape index (κ3) is 11.9. The van der Waals surface area contributed by atoms with Gasteiger partial charge >= 0.3 is 0 Å². The summed E-state index contributed by atoms with van der Waals surface area (Å²) < 4.78 is 0. The van der Waals surface area contributed by atoms with Crippen LogP contribution in [0, 0.1) is 6.66 Å². The normalized spacial score (nSPS) is 7.50. The van der Waals surface area contributed by atoms with Crippen LogP contribution >= 0.6 is 8.58 Å². The second-order valence-electron chi connectivity index (χ2n) is 0.354. The van der Waals surface area contributed by atoms with Crippen molar-refractivity contribution >= 4 is 8.58 Å². The van der Waals surface area contributed by atoms with E-state index in [-0.39, 0.29) is 18.6 Å². The van der Waals surface area contributed by atoms with E-state index >= 15 is 0 Å². The smallest absolute Gasteiger partial charge is 0 e. The molecule has 1 radical (unpaired) electrons.